The number of hydrogen-bond donors (Lipinski definition) is 0. The molecule has 0 amide bonds. The molecule has 6 rings (SSSR count). The summed E-state index contributed by atoms with van der Waals surface area (Å²) in [7, 11) is 0. The largest absolute Gasteiger partial charge is 0.343 e. The monoisotopic (exact) mass is 579 g/mol. The van der Waals surface area contributed by atoms with Crippen LogP contribution in [0.1, 0.15) is 116 Å². The maximum atomic E-state index is 2.52. The van der Waals surface area contributed by atoms with Gasteiger partial charge in [-0.05, 0) is 113 Å². The van der Waals surface area contributed by atoms with Crippen LogP contribution in [0.15, 0.2) is 103 Å². The van der Waals surface area contributed by atoms with Gasteiger partial charge in [0.1, 0.15) is 0 Å². The first-order valence-electron chi connectivity index (χ1n) is 16.7. The molecule has 226 valence electrons. The third kappa shape index (κ3) is 5.15. The first kappa shape index (κ1) is 30.2. The van der Waals surface area contributed by atoms with Crippen molar-refractivity contribution in [3.05, 3.63) is 154 Å². The molecule has 1 aliphatic heterocycles. The van der Waals surface area contributed by atoms with Gasteiger partial charge in [-0.3, -0.25) is 0 Å². The van der Waals surface area contributed by atoms with Crippen LogP contribution in [0.3, 0.4) is 0 Å². The Morgan fingerprint density at radius 1 is 0.841 bits per heavy atom. The zero-order valence-corrected chi connectivity index (χ0v) is 27.8. The smallest absolute Gasteiger partial charge is 0.0769 e. The number of benzene rings is 3. The van der Waals surface area contributed by atoms with Gasteiger partial charge in [-0.2, -0.15) is 0 Å². The lowest BCUT2D eigenvalue weighted by molar-refractivity contribution is 0.434. The summed E-state index contributed by atoms with van der Waals surface area (Å²) in [4.78, 5) is 2.37. The van der Waals surface area contributed by atoms with E-state index in [1.165, 1.54) is 74.9 Å². The minimum atomic E-state index is -0.129. The van der Waals surface area contributed by atoms with Gasteiger partial charge in [0.05, 0.1) is 6.04 Å². The minimum Gasteiger partial charge on any atom is -0.343 e. The Labute approximate surface area is 266 Å². The standard InChI is InChI=1S/C43H49N/c1-8-32-20-11-9-10-12-22-35(32)40-34(26-28-44-27-18-17-25-39(44)33-21-14-13-19-30(33)2)31(3)29-38-41(40)43(6,7)37-24-16-15-23-36(37)42(38,4)5/h10,12-19,21-29,32,39H,8-9,11,20H2,1-7H3/b12-10-,28-26-,35-22+. The molecule has 0 saturated heterocycles. The Morgan fingerprint density at radius 3 is 2.32 bits per heavy atom. The molecule has 0 aromatic heterocycles. The molecule has 3 aliphatic rings. The maximum absolute atomic E-state index is 2.52. The quantitative estimate of drug-likeness (QED) is 0.291. The number of rotatable bonds is 5. The van der Waals surface area contributed by atoms with Crippen LogP contribution in [-0.4, -0.2) is 4.90 Å². The first-order valence-corrected chi connectivity index (χ1v) is 16.7. The third-order valence-electron chi connectivity index (χ3n) is 10.6. The van der Waals surface area contributed by atoms with Crippen molar-refractivity contribution in [2.75, 3.05) is 0 Å². The zero-order chi connectivity index (χ0) is 31.1. The summed E-state index contributed by atoms with van der Waals surface area (Å²) in [6.07, 6.45) is 25.6. The van der Waals surface area contributed by atoms with E-state index < -0.39 is 0 Å². The Bertz CT molecular complexity index is 1700. The van der Waals surface area contributed by atoms with Gasteiger partial charge in [-0.25, -0.2) is 0 Å². The third-order valence-corrected chi connectivity index (χ3v) is 10.6. The van der Waals surface area contributed by atoms with Gasteiger partial charge >= 0.3 is 0 Å². The van der Waals surface area contributed by atoms with Crippen LogP contribution in [0.5, 0.6) is 0 Å². The van der Waals surface area contributed by atoms with Crippen LogP contribution in [-0.2, 0) is 10.8 Å². The summed E-state index contributed by atoms with van der Waals surface area (Å²) in [6.45, 7) is 16.7. The summed E-state index contributed by atoms with van der Waals surface area (Å²) in [5.41, 5.74) is 14.0. The highest BCUT2D eigenvalue weighted by Crippen LogP contribution is 2.54. The summed E-state index contributed by atoms with van der Waals surface area (Å²) < 4.78 is 0. The summed E-state index contributed by atoms with van der Waals surface area (Å²) in [5.74, 6) is 0.534. The van der Waals surface area contributed by atoms with E-state index in [9.17, 15) is 0 Å². The summed E-state index contributed by atoms with van der Waals surface area (Å²) in [5, 5.41) is 0. The summed E-state index contributed by atoms with van der Waals surface area (Å²) in [6, 6.07) is 20.6. The molecule has 2 aliphatic carbocycles. The zero-order valence-electron chi connectivity index (χ0n) is 27.8. The van der Waals surface area contributed by atoms with Gasteiger partial charge in [0.2, 0.25) is 0 Å². The Morgan fingerprint density at radius 2 is 1.57 bits per heavy atom. The van der Waals surface area contributed by atoms with E-state index in [0.29, 0.717) is 5.92 Å². The molecule has 44 heavy (non-hydrogen) atoms. The average Bonchev–Trinajstić information content (AvgIpc) is 3.00. The van der Waals surface area contributed by atoms with E-state index in [0.717, 1.165) is 6.42 Å². The van der Waals surface area contributed by atoms with Crippen LogP contribution < -0.4 is 0 Å². The van der Waals surface area contributed by atoms with E-state index in [2.05, 4.69) is 163 Å². The molecule has 0 fully saturated rings. The lowest BCUT2D eigenvalue weighted by Crippen LogP contribution is -2.38. The fourth-order valence-corrected chi connectivity index (χ4v) is 8.09. The van der Waals surface area contributed by atoms with E-state index >= 15 is 0 Å². The second-order valence-electron chi connectivity index (χ2n) is 14.1. The van der Waals surface area contributed by atoms with Crippen molar-refractivity contribution in [2.45, 2.75) is 91.0 Å². The van der Waals surface area contributed by atoms with Crippen molar-refractivity contribution in [1.29, 1.82) is 0 Å². The first-order chi connectivity index (χ1) is 21.2. The predicted octanol–water partition coefficient (Wildman–Crippen LogP) is 11.5. The topological polar surface area (TPSA) is 3.24 Å². The SMILES string of the molecule is CCC1CCC/C=C\C=C/1c1c(/C=C\N2C=CC=CC2c2ccccc2C)c(C)cc2c1C(C)(C)c1ccccc1C2(C)C. The molecular formula is C43H49N. The molecule has 1 heteroatoms. The van der Waals surface area contributed by atoms with Crippen LogP contribution in [0.4, 0.5) is 0 Å². The molecule has 0 saturated carbocycles. The normalized spacial score (nSPS) is 23.8. The highest BCUT2D eigenvalue weighted by atomic mass is 15.1. The van der Waals surface area contributed by atoms with Gasteiger partial charge in [0.25, 0.3) is 0 Å². The fraction of sp³-hybridized carbons (Fsp3) is 0.349. The fourth-order valence-electron chi connectivity index (χ4n) is 8.09. The van der Waals surface area contributed by atoms with Crippen LogP contribution in [0.2, 0.25) is 0 Å². The van der Waals surface area contributed by atoms with Crippen molar-refractivity contribution in [2.24, 2.45) is 5.92 Å². The lowest BCUT2D eigenvalue weighted by atomic mass is 9.57. The average molecular weight is 580 g/mol. The van der Waals surface area contributed by atoms with Crippen molar-refractivity contribution in [3.8, 4) is 0 Å². The molecule has 3 aromatic rings. The van der Waals surface area contributed by atoms with Gasteiger partial charge in [-0.15, -0.1) is 0 Å². The van der Waals surface area contributed by atoms with E-state index in [-0.39, 0.29) is 16.9 Å². The molecule has 0 spiro atoms. The van der Waals surface area contributed by atoms with Crippen molar-refractivity contribution in [3.63, 3.8) is 0 Å². The highest BCUT2D eigenvalue weighted by Gasteiger charge is 2.44. The van der Waals surface area contributed by atoms with E-state index in [4.69, 9.17) is 0 Å². The molecule has 2 atom stereocenters. The highest BCUT2D eigenvalue weighted by molar-refractivity contribution is 5.84. The second-order valence-corrected chi connectivity index (χ2v) is 14.1. The Hall–Kier alpha value is -3.84. The summed E-state index contributed by atoms with van der Waals surface area (Å²) >= 11 is 0. The van der Waals surface area contributed by atoms with E-state index in [1.807, 2.05) is 0 Å². The second kappa shape index (κ2) is 11.9. The molecule has 0 bridgehead atoms. The Balaban J connectivity index is 1.60. The van der Waals surface area contributed by atoms with Gasteiger partial charge < -0.3 is 4.90 Å². The molecule has 1 nitrogen and oxygen atoms in total. The number of hydrogen-bond acceptors (Lipinski definition) is 1. The number of aryl methyl sites for hydroxylation is 2. The van der Waals surface area contributed by atoms with Gasteiger partial charge in [-0.1, -0.05) is 120 Å². The van der Waals surface area contributed by atoms with Crippen LogP contribution in [0.25, 0.3) is 11.6 Å². The number of allylic oxidation sites excluding steroid dienone is 6. The van der Waals surface area contributed by atoms with Gasteiger partial charge in [0, 0.05) is 23.2 Å². The molecule has 0 radical (unpaired) electrons. The lowest BCUT2D eigenvalue weighted by Gasteiger charge is -2.46. The van der Waals surface area contributed by atoms with Crippen molar-refractivity contribution in [1.82, 2.24) is 4.90 Å². The maximum Gasteiger partial charge on any atom is 0.0769 e. The molecule has 3 aromatic carbocycles. The van der Waals surface area contributed by atoms with Crippen LogP contribution in [0, 0.1) is 19.8 Å². The number of nitrogens with zero attached hydrogens (tertiary/aromatic N) is 1. The molecule has 0 N–H and O–H groups in total. The molecule has 1 heterocycles. The van der Waals surface area contributed by atoms with Crippen molar-refractivity contribution >= 4 is 11.6 Å². The van der Waals surface area contributed by atoms with E-state index in [1.54, 1.807) is 0 Å². The van der Waals surface area contributed by atoms with Crippen molar-refractivity contribution < 1.29 is 0 Å². The van der Waals surface area contributed by atoms with Crippen LogP contribution >= 0.6 is 0 Å². The van der Waals surface area contributed by atoms with Gasteiger partial charge in [0.15, 0.2) is 0 Å². The number of fused-ring (bicyclic) bond motifs is 2. The minimum absolute atomic E-state index is 0.0841. The molecular weight excluding hydrogens is 530 g/mol. The predicted molar refractivity (Wildman–Crippen MR) is 190 cm³/mol. The Kier molecular flexibility index (Phi) is 8.18. The molecule has 2 unspecified atom stereocenters.